The SMILES string of the molecule is N#Cc1ccc(OCC[C@](Cc2ccccc2)(NC(=O)O)C(=O)OC(c2ccccc2)c2ccccc2)cc1. The third-order valence-electron chi connectivity index (χ3n) is 6.30. The molecule has 2 N–H and O–H groups in total. The maximum atomic E-state index is 14.0. The lowest BCUT2D eigenvalue weighted by Crippen LogP contribution is -2.57. The van der Waals surface area contributed by atoms with Crippen LogP contribution in [0.1, 0.15) is 34.8 Å². The standard InChI is InChI=1S/C32H28N2O5/c33-23-25-16-18-28(19-17-25)38-21-20-32(34-31(36)37,22-24-10-4-1-5-11-24)30(35)39-29(26-12-6-2-7-13-26)27-14-8-3-9-15-27/h1-19,29,34H,20-22H2,(H,36,37)/t32-/m1/s1. The number of carboxylic acid groups (broad SMARTS) is 1. The van der Waals surface area contributed by atoms with Gasteiger partial charge >= 0.3 is 12.1 Å². The first-order chi connectivity index (χ1) is 19.0. The number of ether oxygens (including phenoxy) is 2. The summed E-state index contributed by atoms with van der Waals surface area (Å²) in [6, 6.07) is 36.4. The van der Waals surface area contributed by atoms with Crippen molar-refractivity contribution in [1.82, 2.24) is 5.32 Å². The quantitative estimate of drug-likeness (QED) is 0.238. The predicted molar refractivity (Wildman–Crippen MR) is 146 cm³/mol. The zero-order valence-electron chi connectivity index (χ0n) is 21.2. The van der Waals surface area contributed by atoms with E-state index >= 15 is 0 Å². The summed E-state index contributed by atoms with van der Waals surface area (Å²) in [6.45, 7) is 0.0233. The van der Waals surface area contributed by atoms with E-state index in [1.165, 1.54) is 0 Å². The zero-order valence-corrected chi connectivity index (χ0v) is 21.2. The van der Waals surface area contributed by atoms with Crippen LogP contribution in [0.4, 0.5) is 4.79 Å². The van der Waals surface area contributed by atoms with Gasteiger partial charge in [0, 0.05) is 12.8 Å². The Labute approximate surface area is 227 Å². The Morgan fingerprint density at radius 2 is 1.36 bits per heavy atom. The lowest BCUT2D eigenvalue weighted by atomic mass is 9.87. The minimum atomic E-state index is -1.64. The van der Waals surface area contributed by atoms with Crippen LogP contribution in [-0.4, -0.2) is 29.3 Å². The monoisotopic (exact) mass is 520 g/mol. The van der Waals surface area contributed by atoms with Gasteiger partial charge in [0.25, 0.3) is 0 Å². The highest BCUT2D eigenvalue weighted by atomic mass is 16.5. The summed E-state index contributed by atoms with van der Waals surface area (Å²) in [7, 11) is 0. The number of carbonyl (C=O) groups excluding carboxylic acids is 1. The highest BCUT2D eigenvalue weighted by Crippen LogP contribution is 2.30. The average molecular weight is 521 g/mol. The lowest BCUT2D eigenvalue weighted by Gasteiger charge is -2.33. The smallest absolute Gasteiger partial charge is 0.405 e. The molecule has 7 heteroatoms. The molecular weight excluding hydrogens is 492 g/mol. The maximum absolute atomic E-state index is 14.0. The number of hydrogen-bond donors (Lipinski definition) is 2. The molecule has 0 saturated carbocycles. The van der Waals surface area contributed by atoms with E-state index in [0.29, 0.717) is 11.3 Å². The molecule has 4 aromatic carbocycles. The third-order valence-corrected chi connectivity index (χ3v) is 6.30. The van der Waals surface area contributed by atoms with E-state index in [2.05, 4.69) is 11.4 Å². The minimum absolute atomic E-state index is 0.00330. The van der Waals surface area contributed by atoms with Gasteiger partial charge in [-0.15, -0.1) is 0 Å². The van der Waals surface area contributed by atoms with Crippen LogP contribution < -0.4 is 10.1 Å². The average Bonchev–Trinajstić information content (AvgIpc) is 2.97. The van der Waals surface area contributed by atoms with Crippen LogP contribution in [0.2, 0.25) is 0 Å². The number of benzene rings is 4. The Kier molecular flexibility index (Phi) is 8.94. The Balaban J connectivity index is 1.66. The molecule has 0 bridgehead atoms. The molecule has 4 rings (SSSR count). The topological polar surface area (TPSA) is 109 Å². The van der Waals surface area contributed by atoms with E-state index < -0.39 is 23.7 Å². The molecule has 0 heterocycles. The molecular formula is C32H28N2O5. The van der Waals surface area contributed by atoms with Crippen molar-refractivity contribution in [3.63, 3.8) is 0 Å². The van der Waals surface area contributed by atoms with Gasteiger partial charge in [-0.2, -0.15) is 5.26 Å². The predicted octanol–water partition coefficient (Wildman–Crippen LogP) is 5.91. The highest BCUT2D eigenvalue weighted by Gasteiger charge is 2.43. The van der Waals surface area contributed by atoms with Gasteiger partial charge in [-0.05, 0) is 41.0 Å². The van der Waals surface area contributed by atoms with Gasteiger partial charge in [-0.3, -0.25) is 0 Å². The van der Waals surface area contributed by atoms with Gasteiger partial charge in [0.15, 0.2) is 6.10 Å². The molecule has 0 aliphatic carbocycles. The summed E-state index contributed by atoms with van der Waals surface area (Å²) in [5, 5.41) is 21.3. The van der Waals surface area contributed by atoms with Gasteiger partial charge in [0.05, 0.1) is 18.2 Å². The number of hydrogen-bond acceptors (Lipinski definition) is 5. The third kappa shape index (κ3) is 7.24. The summed E-state index contributed by atoms with van der Waals surface area (Å²) in [5.74, 6) is -0.215. The zero-order chi connectivity index (χ0) is 27.5. The number of nitriles is 1. The first kappa shape index (κ1) is 27.0. The van der Waals surface area contributed by atoms with E-state index in [1.807, 2.05) is 91.0 Å². The molecule has 0 saturated heterocycles. The number of carbonyl (C=O) groups is 2. The molecule has 0 fully saturated rings. The van der Waals surface area contributed by atoms with Crippen molar-refractivity contribution >= 4 is 12.1 Å². The number of rotatable bonds is 11. The fraction of sp³-hybridized carbons (Fsp3) is 0.156. The van der Waals surface area contributed by atoms with Crippen molar-refractivity contribution in [3.05, 3.63) is 138 Å². The van der Waals surface area contributed by atoms with Crippen LogP contribution in [-0.2, 0) is 16.0 Å². The summed E-state index contributed by atoms with van der Waals surface area (Å²) in [4.78, 5) is 26.1. The van der Waals surface area contributed by atoms with E-state index in [9.17, 15) is 14.7 Å². The van der Waals surface area contributed by atoms with Crippen LogP contribution in [0, 0.1) is 11.3 Å². The number of nitrogens with zero attached hydrogens (tertiary/aromatic N) is 1. The van der Waals surface area contributed by atoms with Crippen molar-refractivity contribution in [2.75, 3.05) is 6.61 Å². The van der Waals surface area contributed by atoms with Gasteiger partial charge in [-0.1, -0.05) is 91.0 Å². The summed E-state index contributed by atoms with van der Waals surface area (Å²) in [5.41, 5.74) is 1.13. The van der Waals surface area contributed by atoms with Crippen LogP contribution in [0.3, 0.4) is 0 Å². The van der Waals surface area contributed by atoms with Crippen molar-refractivity contribution in [1.29, 1.82) is 5.26 Å². The Morgan fingerprint density at radius 3 is 1.87 bits per heavy atom. The van der Waals surface area contributed by atoms with E-state index in [-0.39, 0.29) is 19.4 Å². The summed E-state index contributed by atoms with van der Waals surface area (Å²) in [6.07, 6.45) is -2.03. The molecule has 0 aliphatic heterocycles. The van der Waals surface area contributed by atoms with Gasteiger partial charge in [0.1, 0.15) is 11.3 Å². The molecule has 7 nitrogen and oxygen atoms in total. The summed E-state index contributed by atoms with van der Waals surface area (Å²) < 4.78 is 12.0. The van der Waals surface area contributed by atoms with E-state index in [0.717, 1.165) is 16.7 Å². The highest BCUT2D eigenvalue weighted by molar-refractivity contribution is 5.86. The van der Waals surface area contributed by atoms with Crippen molar-refractivity contribution < 1.29 is 24.2 Å². The first-order valence-electron chi connectivity index (χ1n) is 12.5. The molecule has 4 aromatic rings. The second-order valence-corrected chi connectivity index (χ2v) is 9.02. The van der Waals surface area contributed by atoms with Gasteiger partial charge in [0.2, 0.25) is 0 Å². The molecule has 39 heavy (non-hydrogen) atoms. The van der Waals surface area contributed by atoms with Crippen molar-refractivity contribution in [2.24, 2.45) is 0 Å². The second kappa shape index (κ2) is 12.9. The number of esters is 1. The molecule has 1 amide bonds. The van der Waals surface area contributed by atoms with E-state index in [1.54, 1.807) is 24.3 Å². The molecule has 1 atom stereocenters. The molecule has 196 valence electrons. The molecule has 0 spiro atoms. The molecule has 0 aliphatic rings. The fourth-order valence-corrected chi connectivity index (χ4v) is 4.34. The minimum Gasteiger partial charge on any atom is -0.493 e. The van der Waals surface area contributed by atoms with Crippen LogP contribution in [0.15, 0.2) is 115 Å². The Bertz CT molecular complexity index is 1360. The van der Waals surface area contributed by atoms with Crippen molar-refractivity contribution in [3.8, 4) is 11.8 Å². The van der Waals surface area contributed by atoms with Crippen LogP contribution >= 0.6 is 0 Å². The maximum Gasteiger partial charge on any atom is 0.405 e. The summed E-state index contributed by atoms with van der Waals surface area (Å²) >= 11 is 0. The normalized spacial score (nSPS) is 12.1. The number of amides is 1. The largest absolute Gasteiger partial charge is 0.493 e. The molecule has 0 radical (unpaired) electrons. The number of nitrogens with one attached hydrogen (secondary N) is 1. The van der Waals surface area contributed by atoms with Gasteiger partial charge < -0.3 is 19.9 Å². The Morgan fingerprint density at radius 1 is 0.821 bits per heavy atom. The van der Waals surface area contributed by atoms with Gasteiger partial charge in [-0.25, -0.2) is 9.59 Å². The van der Waals surface area contributed by atoms with E-state index in [4.69, 9.17) is 14.7 Å². The Hall–Kier alpha value is -5.09. The van der Waals surface area contributed by atoms with Crippen LogP contribution in [0.5, 0.6) is 5.75 Å². The van der Waals surface area contributed by atoms with Crippen molar-refractivity contribution in [2.45, 2.75) is 24.5 Å². The first-order valence-corrected chi connectivity index (χ1v) is 12.5. The lowest BCUT2D eigenvalue weighted by molar-refractivity contribution is -0.156. The molecule has 0 unspecified atom stereocenters. The fourth-order valence-electron chi connectivity index (χ4n) is 4.34. The molecule has 0 aromatic heterocycles. The second-order valence-electron chi connectivity index (χ2n) is 9.02. The van der Waals surface area contributed by atoms with Crippen LogP contribution in [0.25, 0.3) is 0 Å².